The molecule has 0 spiro atoms. The number of benzene rings is 2. The minimum atomic E-state index is -0.998. The van der Waals surface area contributed by atoms with Crippen LogP contribution in [0.3, 0.4) is 0 Å². The normalized spacial score (nSPS) is 14.9. The minimum absolute atomic E-state index is 0.186. The van der Waals surface area contributed by atoms with Gasteiger partial charge in [0.15, 0.2) is 4.80 Å². The van der Waals surface area contributed by atoms with Crippen LogP contribution in [0.2, 0.25) is 0 Å². The maximum Gasteiger partial charge on any atom is 0.338 e. The Morgan fingerprint density at radius 3 is 2.60 bits per heavy atom. The molecule has 2 aromatic carbocycles. The summed E-state index contributed by atoms with van der Waals surface area (Å²) in [6.07, 6.45) is 1.66. The van der Waals surface area contributed by atoms with Crippen LogP contribution in [0.4, 0.5) is 0 Å². The number of furan rings is 1. The van der Waals surface area contributed by atoms with Crippen molar-refractivity contribution >= 4 is 46.4 Å². The van der Waals surface area contributed by atoms with Crippen LogP contribution in [-0.2, 0) is 9.53 Å². The molecule has 210 valence electrons. The molecule has 8 nitrogen and oxygen atoms in total. The standard InChI is InChI=1S/C32H24N2O6S2/c1-3-39-31(38)26-27(19-8-5-4-6-9-19)33-32-34(28(26)24-10-7-15-41-24)29(35)25(42-32)17-21-12-14-23(40-21)22-13-11-20(30(36)37)16-18(22)2/h4-17,28H,3H2,1-2H3,(H,36,37)/b25-17-/t28-/m0/s1. The zero-order valence-electron chi connectivity index (χ0n) is 22.6. The minimum Gasteiger partial charge on any atom is -0.478 e. The summed E-state index contributed by atoms with van der Waals surface area (Å²) in [6.45, 7) is 3.75. The van der Waals surface area contributed by atoms with Crippen molar-refractivity contribution in [3.63, 3.8) is 0 Å². The second-order valence-corrected chi connectivity index (χ2v) is 11.5. The molecule has 0 bridgehead atoms. The van der Waals surface area contributed by atoms with Gasteiger partial charge in [0.2, 0.25) is 0 Å². The van der Waals surface area contributed by atoms with E-state index in [4.69, 9.17) is 14.1 Å². The molecule has 1 aliphatic rings. The number of aryl methyl sites for hydroxylation is 1. The van der Waals surface area contributed by atoms with E-state index in [-0.39, 0.29) is 17.7 Å². The lowest BCUT2D eigenvalue weighted by atomic mass is 9.97. The van der Waals surface area contributed by atoms with Crippen LogP contribution in [0.15, 0.2) is 98.0 Å². The first-order chi connectivity index (χ1) is 20.4. The lowest BCUT2D eigenvalue weighted by molar-refractivity contribution is -0.138. The van der Waals surface area contributed by atoms with Crippen molar-refractivity contribution in [2.75, 3.05) is 6.61 Å². The van der Waals surface area contributed by atoms with Crippen molar-refractivity contribution in [3.8, 4) is 11.3 Å². The summed E-state index contributed by atoms with van der Waals surface area (Å²) in [6, 6.07) is 20.9. The smallest absolute Gasteiger partial charge is 0.338 e. The monoisotopic (exact) mass is 596 g/mol. The van der Waals surface area contributed by atoms with Crippen molar-refractivity contribution in [1.82, 2.24) is 4.57 Å². The second kappa shape index (κ2) is 11.2. The highest BCUT2D eigenvalue weighted by molar-refractivity contribution is 7.10. The molecule has 1 N–H and O–H groups in total. The van der Waals surface area contributed by atoms with Gasteiger partial charge in [0, 0.05) is 22.1 Å². The second-order valence-electron chi connectivity index (χ2n) is 9.48. The van der Waals surface area contributed by atoms with Crippen LogP contribution < -0.4 is 14.9 Å². The highest BCUT2D eigenvalue weighted by atomic mass is 32.1. The quantitative estimate of drug-likeness (QED) is 0.257. The van der Waals surface area contributed by atoms with Crippen LogP contribution in [0, 0.1) is 6.92 Å². The van der Waals surface area contributed by atoms with Gasteiger partial charge < -0.3 is 14.3 Å². The number of thiazole rings is 1. The molecular formula is C32H24N2O6S2. The highest BCUT2D eigenvalue weighted by Crippen LogP contribution is 2.37. The number of esters is 1. The van der Waals surface area contributed by atoms with Crippen LogP contribution in [0.5, 0.6) is 0 Å². The first-order valence-electron chi connectivity index (χ1n) is 13.1. The first kappa shape index (κ1) is 27.4. The summed E-state index contributed by atoms with van der Waals surface area (Å²) in [5, 5.41) is 11.2. The summed E-state index contributed by atoms with van der Waals surface area (Å²) in [5.41, 5.74) is 2.94. The van der Waals surface area contributed by atoms with E-state index >= 15 is 0 Å². The SMILES string of the molecule is CCOC(=O)C1=C(c2ccccc2)N=c2s/c(=C\c3ccc(-c4ccc(C(=O)O)cc4C)o3)c(=O)n2[C@H]1c1cccs1. The number of fused-ring (bicyclic) bond motifs is 1. The Morgan fingerprint density at radius 2 is 1.90 bits per heavy atom. The Morgan fingerprint density at radius 1 is 1.10 bits per heavy atom. The molecule has 0 aliphatic carbocycles. The maximum atomic E-state index is 13.9. The average Bonchev–Trinajstić information content (AvgIpc) is 3.74. The van der Waals surface area contributed by atoms with Crippen molar-refractivity contribution in [2.45, 2.75) is 19.9 Å². The molecule has 0 saturated heterocycles. The van der Waals surface area contributed by atoms with E-state index in [2.05, 4.69) is 0 Å². The fourth-order valence-electron chi connectivity index (χ4n) is 4.93. The molecule has 0 radical (unpaired) electrons. The molecule has 0 unspecified atom stereocenters. The van der Waals surface area contributed by atoms with Gasteiger partial charge >= 0.3 is 11.9 Å². The average molecular weight is 597 g/mol. The van der Waals surface area contributed by atoms with E-state index in [1.807, 2.05) is 54.8 Å². The van der Waals surface area contributed by atoms with E-state index in [9.17, 15) is 19.5 Å². The number of hydrogen-bond donors (Lipinski definition) is 1. The van der Waals surface area contributed by atoms with Gasteiger partial charge in [-0.1, -0.05) is 53.8 Å². The van der Waals surface area contributed by atoms with E-state index in [1.165, 1.54) is 28.7 Å². The molecule has 4 heterocycles. The van der Waals surface area contributed by atoms with Crippen LogP contribution in [0.1, 0.15) is 45.1 Å². The molecule has 1 aliphatic heterocycles. The van der Waals surface area contributed by atoms with Gasteiger partial charge in [-0.2, -0.15) is 0 Å². The number of aromatic nitrogens is 1. The number of thiophene rings is 1. The number of rotatable bonds is 7. The van der Waals surface area contributed by atoms with Crippen LogP contribution >= 0.6 is 22.7 Å². The van der Waals surface area contributed by atoms with Gasteiger partial charge in [-0.3, -0.25) is 9.36 Å². The third kappa shape index (κ3) is 4.95. The molecule has 3 aromatic heterocycles. The van der Waals surface area contributed by atoms with Gasteiger partial charge in [-0.15, -0.1) is 11.3 Å². The number of carbonyl (C=O) groups excluding carboxylic acids is 1. The number of carbonyl (C=O) groups is 2. The van der Waals surface area contributed by atoms with E-state index in [0.717, 1.165) is 21.6 Å². The van der Waals surface area contributed by atoms with E-state index in [1.54, 1.807) is 41.8 Å². The number of carboxylic acid groups (broad SMARTS) is 1. The molecule has 1 atom stereocenters. The van der Waals surface area contributed by atoms with Gasteiger partial charge in [0.25, 0.3) is 5.56 Å². The number of ether oxygens (including phenoxy) is 1. The number of aromatic carboxylic acids is 1. The van der Waals surface area contributed by atoms with Gasteiger partial charge in [-0.05, 0) is 55.1 Å². The predicted octanol–water partition coefficient (Wildman–Crippen LogP) is 5.26. The molecule has 0 amide bonds. The zero-order valence-corrected chi connectivity index (χ0v) is 24.2. The van der Waals surface area contributed by atoms with Crippen LogP contribution in [-0.4, -0.2) is 28.2 Å². The zero-order chi connectivity index (χ0) is 29.4. The molecule has 0 fully saturated rings. The number of nitrogens with zero attached hydrogens (tertiary/aromatic N) is 2. The third-order valence-corrected chi connectivity index (χ3v) is 8.73. The predicted molar refractivity (Wildman–Crippen MR) is 161 cm³/mol. The Kier molecular flexibility index (Phi) is 7.32. The molecule has 0 saturated carbocycles. The van der Waals surface area contributed by atoms with Crippen molar-refractivity contribution in [1.29, 1.82) is 0 Å². The molecule has 6 rings (SSSR count). The van der Waals surface area contributed by atoms with Gasteiger partial charge in [0.1, 0.15) is 17.6 Å². The fourth-order valence-corrected chi connectivity index (χ4v) is 6.74. The Balaban J connectivity index is 1.50. The van der Waals surface area contributed by atoms with Crippen LogP contribution in [0.25, 0.3) is 23.1 Å². The van der Waals surface area contributed by atoms with E-state index < -0.39 is 18.0 Å². The number of carboxylic acids is 1. The summed E-state index contributed by atoms with van der Waals surface area (Å²) in [4.78, 5) is 44.8. The first-order valence-corrected chi connectivity index (χ1v) is 14.8. The molecular weight excluding hydrogens is 572 g/mol. The topological polar surface area (TPSA) is 111 Å². The molecule has 10 heteroatoms. The fraction of sp³-hybridized carbons (Fsp3) is 0.125. The summed E-state index contributed by atoms with van der Waals surface area (Å²) in [7, 11) is 0. The third-order valence-electron chi connectivity index (χ3n) is 6.83. The number of hydrogen-bond acceptors (Lipinski definition) is 8. The highest BCUT2D eigenvalue weighted by Gasteiger charge is 2.35. The van der Waals surface area contributed by atoms with Crippen molar-refractivity contribution in [2.24, 2.45) is 4.99 Å². The molecule has 42 heavy (non-hydrogen) atoms. The van der Waals surface area contributed by atoms with Crippen molar-refractivity contribution < 1.29 is 23.8 Å². The van der Waals surface area contributed by atoms with Crippen molar-refractivity contribution in [3.05, 3.63) is 131 Å². The Bertz CT molecular complexity index is 2030. The molecule has 5 aromatic rings. The lowest BCUT2D eigenvalue weighted by Gasteiger charge is -2.24. The van der Waals surface area contributed by atoms with E-state index in [0.29, 0.717) is 32.1 Å². The van der Waals surface area contributed by atoms with Gasteiger partial charge in [-0.25, -0.2) is 14.6 Å². The summed E-state index contributed by atoms with van der Waals surface area (Å²) in [5.74, 6) is -0.510. The largest absolute Gasteiger partial charge is 0.478 e. The summed E-state index contributed by atoms with van der Waals surface area (Å²) < 4.78 is 13.5. The maximum absolute atomic E-state index is 13.9. The lowest BCUT2D eigenvalue weighted by Crippen LogP contribution is -2.39. The van der Waals surface area contributed by atoms with Gasteiger partial charge in [0.05, 0.1) is 28.0 Å². The Labute approximate surface area is 247 Å². The summed E-state index contributed by atoms with van der Waals surface area (Å²) >= 11 is 2.67. The Hall–Kier alpha value is -4.80.